The van der Waals surface area contributed by atoms with Gasteiger partial charge in [0.05, 0.1) is 0 Å². The third-order valence-electron chi connectivity index (χ3n) is 4.50. The van der Waals surface area contributed by atoms with Crippen LogP contribution < -0.4 is 5.32 Å². The molecule has 1 fully saturated rings. The fraction of sp³-hybridized carbons (Fsp3) is 0.421. The van der Waals surface area contributed by atoms with Crippen molar-refractivity contribution in [2.24, 2.45) is 0 Å². The van der Waals surface area contributed by atoms with Crippen LogP contribution >= 0.6 is 0 Å². The lowest BCUT2D eigenvalue weighted by Gasteiger charge is -2.27. The minimum atomic E-state index is 0.374. The Morgan fingerprint density at radius 1 is 1.24 bits per heavy atom. The van der Waals surface area contributed by atoms with Crippen molar-refractivity contribution in [1.82, 2.24) is 10.3 Å². The van der Waals surface area contributed by atoms with Crippen molar-refractivity contribution in [3.05, 3.63) is 65.5 Å². The fourth-order valence-electron chi connectivity index (χ4n) is 3.08. The molecule has 0 aliphatic heterocycles. The molecule has 0 bridgehead atoms. The SMILES string of the molecule is CCNC(Cc1cccnc1)c1cccc(C2CCC2)c1. The van der Waals surface area contributed by atoms with Crippen LogP contribution in [0.1, 0.15) is 54.8 Å². The summed E-state index contributed by atoms with van der Waals surface area (Å²) in [6, 6.07) is 13.7. The molecule has 1 aliphatic rings. The molecule has 1 atom stereocenters. The second-order valence-corrected chi connectivity index (χ2v) is 5.97. The molecule has 3 rings (SSSR count). The Hall–Kier alpha value is -1.67. The maximum Gasteiger partial charge on any atom is 0.0361 e. The minimum absolute atomic E-state index is 0.374. The van der Waals surface area contributed by atoms with Crippen LogP contribution in [-0.4, -0.2) is 11.5 Å². The van der Waals surface area contributed by atoms with E-state index in [1.54, 1.807) is 0 Å². The third-order valence-corrected chi connectivity index (χ3v) is 4.50. The quantitative estimate of drug-likeness (QED) is 0.856. The molecule has 0 spiro atoms. The maximum atomic E-state index is 4.23. The Bertz CT molecular complexity index is 561. The molecule has 2 heteroatoms. The number of hydrogen-bond donors (Lipinski definition) is 1. The minimum Gasteiger partial charge on any atom is -0.310 e. The van der Waals surface area contributed by atoms with Gasteiger partial charge in [-0.05, 0) is 54.5 Å². The van der Waals surface area contributed by atoms with Crippen molar-refractivity contribution in [3.8, 4) is 0 Å². The summed E-state index contributed by atoms with van der Waals surface area (Å²) in [5.74, 6) is 0.797. The maximum absolute atomic E-state index is 4.23. The van der Waals surface area contributed by atoms with Gasteiger partial charge in [-0.2, -0.15) is 0 Å². The van der Waals surface area contributed by atoms with Gasteiger partial charge in [-0.1, -0.05) is 43.7 Å². The highest BCUT2D eigenvalue weighted by atomic mass is 14.9. The summed E-state index contributed by atoms with van der Waals surface area (Å²) in [4.78, 5) is 4.23. The zero-order valence-corrected chi connectivity index (χ0v) is 12.8. The van der Waals surface area contributed by atoms with E-state index in [1.165, 1.54) is 36.0 Å². The molecule has 1 aromatic heterocycles. The molecule has 1 saturated carbocycles. The zero-order chi connectivity index (χ0) is 14.5. The molecule has 110 valence electrons. The lowest BCUT2D eigenvalue weighted by molar-refractivity contribution is 0.419. The highest BCUT2D eigenvalue weighted by molar-refractivity contribution is 5.30. The Balaban J connectivity index is 1.79. The van der Waals surface area contributed by atoms with Crippen molar-refractivity contribution >= 4 is 0 Å². The first-order valence-corrected chi connectivity index (χ1v) is 8.09. The molecule has 1 aliphatic carbocycles. The summed E-state index contributed by atoms with van der Waals surface area (Å²) in [5.41, 5.74) is 4.22. The van der Waals surface area contributed by atoms with E-state index in [2.05, 4.69) is 47.6 Å². The molecule has 0 amide bonds. The van der Waals surface area contributed by atoms with E-state index in [0.717, 1.165) is 18.9 Å². The van der Waals surface area contributed by atoms with Crippen LogP contribution in [-0.2, 0) is 6.42 Å². The predicted molar refractivity (Wildman–Crippen MR) is 87.4 cm³/mol. The first-order chi connectivity index (χ1) is 10.4. The van der Waals surface area contributed by atoms with E-state index < -0.39 is 0 Å². The van der Waals surface area contributed by atoms with E-state index in [1.807, 2.05) is 18.5 Å². The van der Waals surface area contributed by atoms with Crippen molar-refractivity contribution in [3.63, 3.8) is 0 Å². The summed E-state index contributed by atoms with van der Waals surface area (Å²) >= 11 is 0. The molecule has 1 aromatic carbocycles. The molecule has 1 heterocycles. The molecular weight excluding hydrogens is 256 g/mol. The number of hydrogen-bond acceptors (Lipinski definition) is 2. The predicted octanol–water partition coefficient (Wildman–Crippen LogP) is 4.24. The third kappa shape index (κ3) is 3.51. The Morgan fingerprint density at radius 2 is 2.14 bits per heavy atom. The Labute approximate surface area is 127 Å². The summed E-state index contributed by atoms with van der Waals surface area (Å²) < 4.78 is 0. The van der Waals surface area contributed by atoms with Gasteiger partial charge < -0.3 is 5.32 Å². The van der Waals surface area contributed by atoms with Gasteiger partial charge in [0.15, 0.2) is 0 Å². The van der Waals surface area contributed by atoms with Gasteiger partial charge in [0.1, 0.15) is 0 Å². The van der Waals surface area contributed by atoms with E-state index in [4.69, 9.17) is 0 Å². The van der Waals surface area contributed by atoms with E-state index in [0.29, 0.717) is 6.04 Å². The number of pyridine rings is 1. The van der Waals surface area contributed by atoms with Crippen LogP contribution in [0.3, 0.4) is 0 Å². The van der Waals surface area contributed by atoms with E-state index >= 15 is 0 Å². The smallest absolute Gasteiger partial charge is 0.0361 e. The van der Waals surface area contributed by atoms with Gasteiger partial charge in [0.25, 0.3) is 0 Å². The fourth-order valence-corrected chi connectivity index (χ4v) is 3.08. The van der Waals surface area contributed by atoms with Crippen LogP contribution in [0.25, 0.3) is 0 Å². The number of benzene rings is 1. The zero-order valence-electron chi connectivity index (χ0n) is 12.8. The number of rotatable bonds is 6. The van der Waals surface area contributed by atoms with Gasteiger partial charge in [0, 0.05) is 18.4 Å². The highest BCUT2D eigenvalue weighted by Gasteiger charge is 2.20. The summed E-state index contributed by atoms with van der Waals surface area (Å²) in [6.07, 6.45) is 8.91. The van der Waals surface area contributed by atoms with Crippen LogP contribution in [0.2, 0.25) is 0 Å². The molecular formula is C19H24N2. The van der Waals surface area contributed by atoms with Gasteiger partial charge >= 0.3 is 0 Å². The van der Waals surface area contributed by atoms with Gasteiger partial charge in [-0.15, -0.1) is 0 Å². The number of aromatic nitrogens is 1. The first kappa shape index (κ1) is 14.3. The normalized spacial score (nSPS) is 16.4. The second-order valence-electron chi connectivity index (χ2n) is 5.97. The van der Waals surface area contributed by atoms with Crippen molar-refractivity contribution in [2.75, 3.05) is 6.54 Å². The van der Waals surface area contributed by atoms with E-state index in [-0.39, 0.29) is 0 Å². The number of likely N-dealkylation sites (N-methyl/N-ethyl adjacent to an activating group) is 1. The molecule has 1 unspecified atom stereocenters. The van der Waals surface area contributed by atoms with Crippen LogP contribution in [0, 0.1) is 0 Å². The number of nitrogens with one attached hydrogen (secondary N) is 1. The van der Waals surface area contributed by atoms with Gasteiger partial charge in [0.2, 0.25) is 0 Å². The molecule has 2 nitrogen and oxygen atoms in total. The summed E-state index contributed by atoms with van der Waals surface area (Å²) in [7, 11) is 0. The van der Waals surface area contributed by atoms with Crippen molar-refractivity contribution in [2.45, 2.75) is 44.6 Å². The van der Waals surface area contributed by atoms with Crippen LogP contribution in [0.15, 0.2) is 48.8 Å². The lowest BCUT2D eigenvalue weighted by Crippen LogP contribution is -2.23. The van der Waals surface area contributed by atoms with Gasteiger partial charge in [-0.3, -0.25) is 4.98 Å². The average Bonchev–Trinajstić information content (AvgIpc) is 2.46. The van der Waals surface area contributed by atoms with Gasteiger partial charge in [-0.25, -0.2) is 0 Å². The largest absolute Gasteiger partial charge is 0.310 e. The first-order valence-electron chi connectivity index (χ1n) is 8.09. The van der Waals surface area contributed by atoms with E-state index in [9.17, 15) is 0 Å². The monoisotopic (exact) mass is 280 g/mol. The molecule has 2 aromatic rings. The van der Waals surface area contributed by atoms with Crippen LogP contribution in [0.4, 0.5) is 0 Å². The molecule has 1 N–H and O–H groups in total. The molecule has 21 heavy (non-hydrogen) atoms. The van der Waals surface area contributed by atoms with Crippen molar-refractivity contribution in [1.29, 1.82) is 0 Å². The second kappa shape index (κ2) is 6.86. The number of nitrogens with zero attached hydrogens (tertiary/aromatic N) is 1. The molecule has 0 saturated heterocycles. The molecule has 0 radical (unpaired) electrons. The highest BCUT2D eigenvalue weighted by Crippen LogP contribution is 2.37. The summed E-state index contributed by atoms with van der Waals surface area (Å²) in [5, 5.41) is 3.62. The Kier molecular flexibility index (Phi) is 4.66. The lowest BCUT2D eigenvalue weighted by atomic mass is 9.79. The Morgan fingerprint density at radius 3 is 2.81 bits per heavy atom. The topological polar surface area (TPSA) is 24.9 Å². The standard InChI is InChI=1S/C19H24N2/c1-2-21-19(12-15-6-5-11-20-14-15)18-10-4-9-17(13-18)16-7-3-8-16/h4-6,9-11,13-14,16,19,21H,2-3,7-8,12H2,1H3. The van der Waals surface area contributed by atoms with Crippen molar-refractivity contribution < 1.29 is 0 Å². The summed E-state index contributed by atoms with van der Waals surface area (Å²) in [6.45, 7) is 3.16. The van der Waals surface area contributed by atoms with Crippen LogP contribution in [0.5, 0.6) is 0 Å². The average molecular weight is 280 g/mol.